The third kappa shape index (κ3) is 4.44. The van der Waals surface area contributed by atoms with Crippen molar-refractivity contribution in [2.24, 2.45) is 0 Å². The number of hydrogen-bond donors (Lipinski definition) is 0. The molecule has 0 saturated carbocycles. The lowest BCUT2D eigenvalue weighted by molar-refractivity contribution is 0.0628. The fraction of sp³-hybridized carbons (Fsp3) is 0.273. The third-order valence-electron chi connectivity index (χ3n) is 4.99. The number of carbonyl (C=O) groups excluding carboxylic acids is 1. The van der Waals surface area contributed by atoms with Crippen molar-refractivity contribution in [1.82, 2.24) is 19.6 Å². The quantitative estimate of drug-likeness (QED) is 0.703. The fourth-order valence-corrected chi connectivity index (χ4v) is 3.52. The van der Waals surface area contributed by atoms with Gasteiger partial charge in [0.05, 0.1) is 6.54 Å². The van der Waals surface area contributed by atoms with Gasteiger partial charge < -0.3 is 4.90 Å². The first-order valence-corrected chi connectivity index (χ1v) is 9.40. The molecule has 2 aromatic carbocycles. The van der Waals surface area contributed by atoms with Gasteiger partial charge in [0.15, 0.2) is 0 Å². The van der Waals surface area contributed by atoms with Crippen molar-refractivity contribution in [2.45, 2.75) is 13.1 Å². The van der Waals surface area contributed by atoms with Crippen molar-refractivity contribution in [2.75, 3.05) is 26.2 Å². The molecule has 1 aliphatic rings. The molecule has 4 rings (SSSR count). The molecule has 0 bridgehead atoms. The Balaban J connectivity index is 1.35. The first kappa shape index (κ1) is 17.5. The molecule has 2 heterocycles. The lowest BCUT2D eigenvalue weighted by atomic mass is 10.1. The SMILES string of the molecule is O=C(c1cccc(Cn2cccn2)c1)N1CCN(Cc2ccccc2)CC1. The van der Waals surface area contributed by atoms with Gasteiger partial charge in [0, 0.05) is 50.7 Å². The number of rotatable bonds is 5. The number of benzene rings is 2. The Morgan fingerprint density at radius 1 is 0.852 bits per heavy atom. The maximum atomic E-state index is 12.9. The van der Waals surface area contributed by atoms with Gasteiger partial charge in [-0.25, -0.2) is 0 Å². The zero-order valence-electron chi connectivity index (χ0n) is 15.4. The standard InChI is InChI=1S/C22H24N4O/c27-22(21-9-4-8-20(16-21)18-26-11-5-10-23-26)25-14-12-24(13-15-25)17-19-6-2-1-3-7-19/h1-11,16H,12-15,17-18H2. The number of piperazine rings is 1. The van der Waals surface area contributed by atoms with E-state index in [-0.39, 0.29) is 5.91 Å². The molecule has 0 unspecified atom stereocenters. The van der Waals surface area contributed by atoms with E-state index >= 15 is 0 Å². The van der Waals surface area contributed by atoms with Crippen molar-refractivity contribution < 1.29 is 4.79 Å². The molecule has 1 aromatic heterocycles. The zero-order chi connectivity index (χ0) is 18.5. The minimum Gasteiger partial charge on any atom is -0.336 e. The van der Waals surface area contributed by atoms with Gasteiger partial charge in [0.2, 0.25) is 0 Å². The van der Waals surface area contributed by atoms with Gasteiger partial charge in [0.25, 0.3) is 5.91 Å². The summed E-state index contributed by atoms with van der Waals surface area (Å²) < 4.78 is 1.87. The number of nitrogens with zero attached hydrogens (tertiary/aromatic N) is 4. The molecule has 1 amide bonds. The van der Waals surface area contributed by atoms with E-state index in [1.807, 2.05) is 52.2 Å². The Kier molecular flexibility index (Phi) is 5.30. The first-order chi connectivity index (χ1) is 13.3. The van der Waals surface area contributed by atoms with Gasteiger partial charge >= 0.3 is 0 Å². The van der Waals surface area contributed by atoms with Gasteiger partial charge in [0.1, 0.15) is 0 Å². The summed E-state index contributed by atoms with van der Waals surface area (Å²) in [6, 6.07) is 20.3. The predicted molar refractivity (Wildman–Crippen MR) is 105 cm³/mol. The summed E-state index contributed by atoms with van der Waals surface area (Å²) >= 11 is 0. The van der Waals surface area contributed by atoms with Crippen LogP contribution in [0, 0.1) is 0 Å². The van der Waals surface area contributed by atoms with Gasteiger partial charge in [-0.1, -0.05) is 42.5 Å². The summed E-state index contributed by atoms with van der Waals surface area (Å²) in [6.07, 6.45) is 3.70. The molecule has 0 N–H and O–H groups in total. The molecule has 5 nitrogen and oxygen atoms in total. The van der Waals surface area contributed by atoms with Gasteiger partial charge in [-0.2, -0.15) is 5.10 Å². The highest BCUT2D eigenvalue weighted by atomic mass is 16.2. The van der Waals surface area contributed by atoms with E-state index in [1.165, 1.54) is 5.56 Å². The van der Waals surface area contributed by atoms with Crippen molar-refractivity contribution in [3.05, 3.63) is 89.7 Å². The lowest BCUT2D eigenvalue weighted by Gasteiger charge is -2.34. The van der Waals surface area contributed by atoms with Crippen LogP contribution in [0.25, 0.3) is 0 Å². The summed E-state index contributed by atoms with van der Waals surface area (Å²) in [4.78, 5) is 17.3. The average molecular weight is 360 g/mol. The van der Waals surface area contributed by atoms with E-state index in [4.69, 9.17) is 0 Å². The van der Waals surface area contributed by atoms with Gasteiger partial charge in [-0.3, -0.25) is 14.4 Å². The van der Waals surface area contributed by atoms with Gasteiger partial charge in [-0.15, -0.1) is 0 Å². The Bertz CT molecular complexity index is 868. The highest BCUT2D eigenvalue weighted by molar-refractivity contribution is 5.94. The van der Waals surface area contributed by atoms with Crippen LogP contribution in [0.4, 0.5) is 0 Å². The molecule has 5 heteroatoms. The summed E-state index contributed by atoms with van der Waals surface area (Å²) in [6.45, 7) is 4.99. The smallest absolute Gasteiger partial charge is 0.253 e. The molecule has 1 saturated heterocycles. The Hall–Kier alpha value is -2.92. The maximum absolute atomic E-state index is 12.9. The average Bonchev–Trinajstić information content (AvgIpc) is 3.22. The van der Waals surface area contributed by atoms with E-state index < -0.39 is 0 Å². The summed E-state index contributed by atoms with van der Waals surface area (Å²) in [7, 11) is 0. The van der Waals surface area contributed by atoms with E-state index in [1.54, 1.807) is 6.20 Å². The van der Waals surface area contributed by atoms with E-state index in [2.05, 4.69) is 34.3 Å². The summed E-state index contributed by atoms with van der Waals surface area (Å²) in [5, 5.41) is 4.23. The topological polar surface area (TPSA) is 41.4 Å². The van der Waals surface area contributed by atoms with Crippen LogP contribution in [-0.2, 0) is 13.1 Å². The Labute approximate surface area is 159 Å². The molecule has 1 fully saturated rings. The van der Waals surface area contributed by atoms with Crippen molar-refractivity contribution in [3.8, 4) is 0 Å². The fourth-order valence-electron chi connectivity index (χ4n) is 3.52. The van der Waals surface area contributed by atoms with Crippen LogP contribution in [0.1, 0.15) is 21.5 Å². The highest BCUT2D eigenvalue weighted by Gasteiger charge is 2.22. The number of hydrogen-bond acceptors (Lipinski definition) is 3. The predicted octanol–water partition coefficient (Wildman–Crippen LogP) is 2.89. The Morgan fingerprint density at radius 3 is 2.37 bits per heavy atom. The van der Waals surface area contributed by atoms with Gasteiger partial charge in [-0.05, 0) is 29.3 Å². The zero-order valence-corrected chi connectivity index (χ0v) is 15.4. The van der Waals surface area contributed by atoms with Crippen molar-refractivity contribution in [3.63, 3.8) is 0 Å². The monoisotopic (exact) mass is 360 g/mol. The molecule has 27 heavy (non-hydrogen) atoms. The van der Waals surface area contributed by atoms with E-state index in [9.17, 15) is 4.79 Å². The van der Waals surface area contributed by atoms with Crippen LogP contribution in [0.15, 0.2) is 73.1 Å². The number of aromatic nitrogens is 2. The van der Waals surface area contributed by atoms with Crippen LogP contribution in [0.2, 0.25) is 0 Å². The van der Waals surface area contributed by atoms with Crippen LogP contribution in [0.5, 0.6) is 0 Å². The molecule has 1 aliphatic heterocycles. The highest BCUT2D eigenvalue weighted by Crippen LogP contribution is 2.13. The molecular formula is C22H24N4O. The minimum absolute atomic E-state index is 0.122. The van der Waals surface area contributed by atoms with Crippen molar-refractivity contribution in [1.29, 1.82) is 0 Å². The minimum atomic E-state index is 0.122. The maximum Gasteiger partial charge on any atom is 0.253 e. The molecule has 0 radical (unpaired) electrons. The third-order valence-corrected chi connectivity index (χ3v) is 4.99. The van der Waals surface area contributed by atoms with E-state index in [0.717, 1.165) is 43.9 Å². The first-order valence-electron chi connectivity index (χ1n) is 9.40. The molecule has 0 aliphatic carbocycles. The molecule has 3 aromatic rings. The Morgan fingerprint density at radius 2 is 1.63 bits per heavy atom. The molecular weight excluding hydrogens is 336 g/mol. The summed E-state index contributed by atoms with van der Waals surface area (Å²) in [5.41, 5.74) is 3.17. The van der Waals surface area contributed by atoms with Crippen LogP contribution >= 0.6 is 0 Å². The van der Waals surface area contributed by atoms with E-state index in [0.29, 0.717) is 6.54 Å². The number of amides is 1. The summed E-state index contributed by atoms with van der Waals surface area (Å²) in [5.74, 6) is 0.122. The normalized spacial score (nSPS) is 15.0. The number of carbonyl (C=O) groups is 1. The van der Waals surface area contributed by atoms with Crippen LogP contribution < -0.4 is 0 Å². The second kappa shape index (κ2) is 8.18. The van der Waals surface area contributed by atoms with Crippen molar-refractivity contribution >= 4 is 5.91 Å². The van der Waals surface area contributed by atoms with Crippen LogP contribution in [0.3, 0.4) is 0 Å². The molecule has 0 atom stereocenters. The van der Waals surface area contributed by atoms with Crippen LogP contribution in [-0.4, -0.2) is 51.7 Å². The molecule has 0 spiro atoms. The second-order valence-electron chi connectivity index (χ2n) is 6.96. The lowest BCUT2D eigenvalue weighted by Crippen LogP contribution is -2.48. The second-order valence-corrected chi connectivity index (χ2v) is 6.96. The molecule has 138 valence electrons. The largest absolute Gasteiger partial charge is 0.336 e.